The van der Waals surface area contributed by atoms with Crippen molar-refractivity contribution in [3.63, 3.8) is 0 Å². The van der Waals surface area contributed by atoms with Gasteiger partial charge < -0.3 is 10.8 Å². The van der Waals surface area contributed by atoms with Gasteiger partial charge in [-0.15, -0.1) is 11.3 Å². The number of aromatic nitrogens is 1. The van der Waals surface area contributed by atoms with Crippen molar-refractivity contribution in [1.29, 1.82) is 0 Å². The van der Waals surface area contributed by atoms with E-state index in [9.17, 15) is 5.11 Å². The Balaban J connectivity index is 1.90. The molecule has 0 saturated carbocycles. The molecular formula is C9H15N3OS. The highest BCUT2D eigenvalue weighted by Gasteiger charge is 2.18. The van der Waals surface area contributed by atoms with Gasteiger partial charge in [0.05, 0.1) is 11.8 Å². The summed E-state index contributed by atoms with van der Waals surface area (Å²) in [5.74, 6) is 0. The van der Waals surface area contributed by atoms with Gasteiger partial charge in [0.2, 0.25) is 0 Å². The zero-order valence-corrected chi connectivity index (χ0v) is 8.83. The quantitative estimate of drug-likeness (QED) is 0.758. The number of nitrogen functional groups attached to an aromatic ring is 1. The molecule has 1 saturated heterocycles. The molecule has 1 atom stereocenters. The van der Waals surface area contributed by atoms with E-state index in [0.717, 1.165) is 38.2 Å². The van der Waals surface area contributed by atoms with Crippen LogP contribution in [0.25, 0.3) is 0 Å². The Morgan fingerprint density at radius 2 is 2.57 bits per heavy atom. The fourth-order valence-electron chi connectivity index (χ4n) is 1.80. The van der Waals surface area contributed by atoms with E-state index in [2.05, 4.69) is 9.88 Å². The Labute approximate surface area is 87.4 Å². The van der Waals surface area contributed by atoms with Crippen molar-refractivity contribution in [1.82, 2.24) is 9.88 Å². The lowest BCUT2D eigenvalue weighted by Crippen LogP contribution is -2.37. The number of nitrogens with zero attached hydrogens (tertiary/aromatic N) is 2. The predicted molar refractivity (Wildman–Crippen MR) is 57.0 cm³/mol. The molecule has 2 heterocycles. The van der Waals surface area contributed by atoms with Gasteiger partial charge in [-0.05, 0) is 19.4 Å². The largest absolute Gasteiger partial charge is 0.392 e. The van der Waals surface area contributed by atoms with Crippen LogP contribution in [0.15, 0.2) is 5.38 Å². The molecule has 1 aromatic heterocycles. The van der Waals surface area contributed by atoms with Crippen molar-refractivity contribution >= 4 is 16.5 Å². The van der Waals surface area contributed by atoms with Gasteiger partial charge in [0, 0.05) is 18.5 Å². The summed E-state index contributed by atoms with van der Waals surface area (Å²) in [5, 5.41) is 12.1. The summed E-state index contributed by atoms with van der Waals surface area (Å²) in [7, 11) is 0. The van der Waals surface area contributed by atoms with Crippen molar-refractivity contribution in [2.45, 2.75) is 25.5 Å². The van der Waals surface area contributed by atoms with Crippen LogP contribution in [0.3, 0.4) is 0 Å². The number of β-amino-alcohol motifs (C(OH)–C–C–N with tert-alkyl or cyclic N) is 1. The van der Waals surface area contributed by atoms with Gasteiger partial charge in [-0.1, -0.05) is 0 Å². The van der Waals surface area contributed by atoms with Crippen LogP contribution in [0.4, 0.5) is 5.13 Å². The summed E-state index contributed by atoms with van der Waals surface area (Å²) < 4.78 is 0. The Bertz CT molecular complexity index is 302. The fourth-order valence-corrected chi connectivity index (χ4v) is 2.35. The maximum Gasteiger partial charge on any atom is 0.180 e. The van der Waals surface area contributed by atoms with Crippen LogP contribution in [-0.2, 0) is 6.54 Å². The van der Waals surface area contributed by atoms with E-state index >= 15 is 0 Å². The molecule has 1 fully saturated rings. The second-order valence-corrected chi connectivity index (χ2v) is 4.60. The van der Waals surface area contributed by atoms with Crippen molar-refractivity contribution in [3.05, 3.63) is 11.1 Å². The number of anilines is 1. The Morgan fingerprint density at radius 3 is 3.21 bits per heavy atom. The van der Waals surface area contributed by atoms with Crippen molar-refractivity contribution in [2.75, 3.05) is 18.8 Å². The SMILES string of the molecule is Nc1nc(CN2CCCC(O)C2)cs1. The van der Waals surface area contributed by atoms with E-state index in [1.807, 2.05) is 5.38 Å². The molecule has 0 spiro atoms. The predicted octanol–water partition coefficient (Wildman–Crippen LogP) is 0.682. The Morgan fingerprint density at radius 1 is 1.71 bits per heavy atom. The molecule has 1 aliphatic rings. The number of nitrogens with two attached hydrogens (primary N) is 1. The lowest BCUT2D eigenvalue weighted by molar-refractivity contribution is 0.0663. The van der Waals surface area contributed by atoms with Crippen molar-refractivity contribution in [2.24, 2.45) is 0 Å². The Hall–Kier alpha value is -0.650. The number of likely N-dealkylation sites (tertiary alicyclic amines) is 1. The van der Waals surface area contributed by atoms with Crippen LogP contribution in [-0.4, -0.2) is 34.2 Å². The van der Waals surface area contributed by atoms with Crippen LogP contribution in [0.5, 0.6) is 0 Å². The number of aliphatic hydroxyl groups excluding tert-OH is 1. The third-order valence-corrected chi connectivity index (χ3v) is 3.16. The summed E-state index contributed by atoms with van der Waals surface area (Å²) in [6.45, 7) is 2.62. The topological polar surface area (TPSA) is 62.4 Å². The normalized spacial score (nSPS) is 23.9. The first-order chi connectivity index (χ1) is 6.74. The fraction of sp³-hybridized carbons (Fsp3) is 0.667. The van der Waals surface area contributed by atoms with Gasteiger partial charge in [0.15, 0.2) is 5.13 Å². The van der Waals surface area contributed by atoms with Crippen LogP contribution in [0, 0.1) is 0 Å². The molecule has 14 heavy (non-hydrogen) atoms. The van der Waals surface area contributed by atoms with E-state index in [0.29, 0.717) is 5.13 Å². The third-order valence-electron chi connectivity index (χ3n) is 2.44. The zero-order valence-electron chi connectivity index (χ0n) is 8.02. The van der Waals surface area contributed by atoms with Gasteiger partial charge in [-0.25, -0.2) is 4.98 Å². The van der Waals surface area contributed by atoms with Crippen LogP contribution >= 0.6 is 11.3 Å². The van der Waals surface area contributed by atoms with Crippen molar-refractivity contribution < 1.29 is 5.11 Å². The number of rotatable bonds is 2. The highest BCUT2D eigenvalue weighted by Crippen LogP contribution is 2.16. The van der Waals surface area contributed by atoms with Crippen LogP contribution in [0.1, 0.15) is 18.5 Å². The molecule has 1 unspecified atom stereocenters. The molecule has 0 aromatic carbocycles. The van der Waals surface area contributed by atoms with Gasteiger partial charge >= 0.3 is 0 Å². The summed E-state index contributed by atoms with van der Waals surface area (Å²) in [6, 6.07) is 0. The number of hydrogen-bond donors (Lipinski definition) is 2. The standard InChI is InChI=1S/C9H15N3OS/c10-9-11-7(6-14-9)4-12-3-1-2-8(13)5-12/h6,8,13H,1-5H2,(H2,10,11). The van der Waals surface area contributed by atoms with E-state index < -0.39 is 0 Å². The van der Waals surface area contributed by atoms with E-state index in [1.165, 1.54) is 11.3 Å². The van der Waals surface area contributed by atoms with Crippen LogP contribution in [0.2, 0.25) is 0 Å². The second-order valence-electron chi connectivity index (χ2n) is 3.71. The molecule has 1 aliphatic heterocycles. The highest BCUT2D eigenvalue weighted by molar-refractivity contribution is 7.13. The maximum absolute atomic E-state index is 9.48. The zero-order chi connectivity index (χ0) is 9.97. The second kappa shape index (κ2) is 4.25. The molecule has 5 heteroatoms. The molecule has 0 aliphatic carbocycles. The number of thiazole rings is 1. The monoisotopic (exact) mass is 213 g/mol. The van der Waals surface area contributed by atoms with E-state index in [1.54, 1.807) is 0 Å². The maximum atomic E-state index is 9.48. The van der Waals surface area contributed by atoms with E-state index in [4.69, 9.17) is 5.73 Å². The minimum absolute atomic E-state index is 0.167. The molecule has 0 amide bonds. The third kappa shape index (κ3) is 2.43. The molecule has 0 radical (unpaired) electrons. The first-order valence-corrected chi connectivity index (χ1v) is 5.72. The number of piperidine rings is 1. The number of hydrogen-bond acceptors (Lipinski definition) is 5. The van der Waals surface area contributed by atoms with Crippen LogP contribution < -0.4 is 5.73 Å². The first kappa shape index (κ1) is 9.89. The average Bonchev–Trinajstić information content (AvgIpc) is 2.51. The smallest absolute Gasteiger partial charge is 0.180 e. The Kier molecular flexibility index (Phi) is 3.00. The summed E-state index contributed by atoms with van der Waals surface area (Å²) in [4.78, 5) is 6.43. The minimum atomic E-state index is -0.167. The first-order valence-electron chi connectivity index (χ1n) is 4.84. The highest BCUT2D eigenvalue weighted by atomic mass is 32.1. The molecule has 4 nitrogen and oxygen atoms in total. The minimum Gasteiger partial charge on any atom is -0.392 e. The van der Waals surface area contributed by atoms with Gasteiger partial charge in [0.1, 0.15) is 0 Å². The lowest BCUT2D eigenvalue weighted by Gasteiger charge is -2.29. The van der Waals surface area contributed by atoms with Gasteiger partial charge in [-0.2, -0.15) is 0 Å². The summed E-state index contributed by atoms with van der Waals surface area (Å²) in [6.07, 6.45) is 1.83. The molecule has 2 rings (SSSR count). The molecular weight excluding hydrogens is 198 g/mol. The van der Waals surface area contributed by atoms with Crippen molar-refractivity contribution in [3.8, 4) is 0 Å². The van der Waals surface area contributed by atoms with E-state index in [-0.39, 0.29) is 6.10 Å². The molecule has 3 N–H and O–H groups in total. The van der Waals surface area contributed by atoms with Gasteiger partial charge in [0.25, 0.3) is 0 Å². The molecule has 1 aromatic rings. The average molecular weight is 213 g/mol. The summed E-state index contributed by atoms with van der Waals surface area (Å²) in [5.41, 5.74) is 6.57. The molecule has 0 bridgehead atoms. The summed E-state index contributed by atoms with van der Waals surface area (Å²) >= 11 is 1.47. The van der Waals surface area contributed by atoms with Gasteiger partial charge in [-0.3, -0.25) is 4.90 Å². The molecule has 78 valence electrons. The lowest BCUT2D eigenvalue weighted by atomic mass is 10.1. The number of aliphatic hydroxyl groups is 1.